The second-order valence-corrected chi connectivity index (χ2v) is 5.91. The van der Waals surface area contributed by atoms with Crippen LogP contribution in [0.3, 0.4) is 0 Å². The van der Waals surface area contributed by atoms with E-state index >= 15 is 0 Å². The van der Waals surface area contributed by atoms with Gasteiger partial charge in [-0.3, -0.25) is 9.59 Å². The lowest BCUT2D eigenvalue weighted by Crippen LogP contribution is -2.30. The molecule has 0 radical (unpaired) electrons. The standard InChI is InChI=1S/C15H10ClF3N2O2S/c16-10-5-2-1-4-9(10)14(23)21-20-13(15(17,18)19)8-11(22)12-6-3-7-24-12/h1-7H,8H2,(H,21,23). The number of carbonyl (C=O) groups is 2. The Morgan fingerprint density at radius 2 is 1.88 bits per heavy atom. The fourth-order valence-electron chi connectivity index (χ4n) is 1.70. The number of Topliss-reactive ketones (excluding diaryl/α,β-unsaturated/α-hetero) is 1. The maximum atomic E-state index is 13.0. The molecule has 1 heterocycles. The van der Waals surface area contributed by atoms with Crippen molar-refractivity contribution in [3.05, 3.63) is 57.2 Å². The number of thiophene rings is 1. The van der Waals surface area contributed by atoms with E-state index in [0.29, 0.717) is 0 Å². The van der Waals surface area contributed by atoms with E-state index in [1.54, 1.807) is 22.9 Å². The molecular formula is C15H10ClF3N2O2S. The quantitative estimate of drug-likeness (QED) is 0.481. The third-order valence-electron chi connectivity index (χ3n) is 2.86. The molecule has 0 saturated carbocycles. The van der Waals surface area contributed by atoms with Gasteiger partial charge in [-0.05, 0) is 23.6 Å². The van der Waals surface area contributed by atoms with Crippen LogP contribution in [0.1, 0.15) is 26.5 Å². The highest BCUT2D eigenvalue weighted by molar-refractivity contribution is 7.12. The Kier molecular flexibility index (Phi) is 5.74. The van der Waals surface area contributed by atoms with Crippen LogP contribution in [0.4, 0.5) is 13.2 Å². The van der Waals surface area contributed by atoms with Crippen LogP contribution in [-0.2, 0) is 0 Å². The van der Waals surface area contributed by atoms with Crippen LogP contribution in [0, 0.1) is 0 Å². The lowest BCUT2D eigenvalue weighted by atomic mass is 10.1. The molecule has 2 rings (SSSR count). The fourth-order valence-corrected chi connectivity index (χ4v) is 2.59. The van der Waals surface area contributed by atoms with Gasteiger partial charge in [0, 0.05) is 0 Å². The zero-order valence-electron chi connectivity index (χ0n) is 11.9. The third-order valence-corrected chi connectivity index (χ3v) is 4.10. The van der Waals surface area contributed by atoms with Crippen LogP contribution >= 0.6 is 22.9 Å². The van der Waals surface area contributed by atoms with E-state index in [-0.39, 0.29) is 15.5 Å². The number of benzene rings is 1. The molecule has 24 heavy (non-hydrogen) atoms. The van der Waals surface area contributed by atoms with Gasteiger partial charge < -0.3 is 0 Å². The molecule has 0 saturated heterocycles. The molecule has 1 aromatic carbocycles. The summed E-state index contributed by atoms with van der Waals surface area (Å²) in [5.41, 5.74) is 0.386. The van der Waals surface area contributed by atoms with Crippen molar-refractivity contribution in [1.29, 1.82) is 0 Å². The first-order chi connectivity index (χ1) is 11.3. The summed E-state index contributed by atoms with van der Waals surface area (Å²) in [5.74, 6) is -1.63. The number of amides is 1. The van der Waals surface area contributed by atoms with E-state index in [1.165, 1.54) is 24.3 Å². The predicted molar refractivity (Wildman–Crippen MR) is 85.7 cm³/mol. The molecule has 9 heteroatoms. The van der Waals surface area contributed by atoms with Gasteiger partial charge in [0.05, 0.1) is 21.9 Å². The van der Waals surface area contributed by atoms with Crippen LogP contribution in [0.25, 0.3) is 0 Å². The van der Waals surface area contributed by atoms with Crippen molar-refractivity contribution in [2.24, 2.45) is 5.10 Å². The Hall–Kier alpha value is -2.19. The maximum absolute atomic E-state index is 13.0. The first-order valence-corrected chi connectivity index (χ1v) is 7.80. The van der Waals surface area contributed by atoms with Gasteiger partial charge in [0.2, 0.25) is 0 Å². The molecule has 0 aliphatic rings. The van der Waals surface area contributed by atoms with Crippen molar-refractivity contribution in [1.82, 2.24) is 5.43 Å². The van der Waals surface area contributed by atoms with Gasteiger partial charge in [0.1, 0.15) is 5.71 Å². The fraction of sp³-hybridized carbons (Fsp3) is 0.133. The zero-order valence-corrected chi connectivity index (χ0v) is 13.5. The number of hydrazone groups is 1. The van der Waals surface area contributed by atoms with Crippen LogP contribution in [0.15, 0.2) is 46.9 Å². The van der Waals surface area contributed by atoms with Gasteiger partial charge in [-0.15, -0.1) is 11.3 Å². The van der Waals surface area contributed by atoms with E-state index in [1.807, 2.05) is 0 Å². The molecule has 0 fully saturated rings. The number of ketones is 1. The van der Waals surface area contributed by atoms with Crippen LogP contribution in [0.5, 0.6) is 0 Å². The summed E-state index contributed by atoms with van der Waals surface area (Å²) in [6.45, 7) is 0. The molecular weight excluding hydrogens is 365 g/mol. The molecule has 0 unspecified atom stereocenters. The molecule has 2 aromatic rings. The summed E-state index contributed by atoms with van der Waals surface area (Å²) >= 11 is 6.82. The molecule has 4 nitrogen and oxygen atoms in total. The highest BCUT2D eigenvalue weighted by Gasteiger charge is 2.37. The van der Waals surface area contributed by atoms with Gasteiger partial charge in [0.25, 0.3) is 5.91 Å². The average molecular weight is 375 g/mol. The van der Waals surface area contributed by atoms with Crippen molar-refractivity contribution in [3.8, 4) is 0 Å². The molecule has 0 bridgehead atoms. The maximum Gasteiger partial charge on any atom is 0.431 e. The Morgan fingerprint density at radius 1 is 1.17 bits per heavy atom. The lowest BCUT2D eigenvalue weighted by molar-refractivity contribution is -0.0605. The van der Waals surface area contributed by atoms with Crippen molar-refractivity contribution < 1.29 is 22.8 Å². The van der Waals surface area contributed by atoms with E-state index in [9.17, 15) is 22.8 Å². The van der Waals surface area contributed by atoms with Gasteiger partial charge >= 0.3 is 6.18 Å². The molecule has 0 atom stereocenters. The molecule has 0 aliphatic carbocycles. The predicted octanol–water partition coefficient (Wildman–Crippen LogP) is 4.32. The summed E-state index contributed by atoms with van der Waals surface area (Å²) in [6, 6.07) is 8.83. The molecule has 1 amide bonds. The summed E-state index contributed by atoms with van der Waals surface area (Å²) in [6.07, 6.45) is -5.81. The van der Waals surface area contributed by atoms with Crippen molar-refractivity contribution in [2.45, 2.75) is 12.6 Å². The first kappa shape index (κ1) is 18.2. The van der Waals surface area contributed by atoms with Crippen LogP contribution in [-0.4, -0.2) is 23.6 Å². The number of halogens is 4. The minimum atomic E-state index is -4.85. The van der Waals surface area contributed by atoms with E-state index in [4.69, 9.17) is 11.6 Å². The largest absolute Gasteiger partial charge is 0.431 e. The van der Waals surface area contributed by atoms with E-state index < -0.39 is 30.0 Å². The monoisotopic (exact) mass is 374 g/mol. The third kappa shape index (κ3) is 4.65. The Labute approximate surface area is 143 Å². The molecule has 1 aromatic heterocycles. The molecule has 0 aliphatic heterocycles. The number of hydrogen-bond acceptors (Lipinski definition) is 4. The number of alkyl halides is 3. The summed E-state index contributed by atoms with van der Waals surface area (Å²) in [7, 11) is 0. The molecule has 126 valence electrons. The van der Waals surface area contributed by atoms with Gasteiger partial charge in [0.15, 0.2) is 5.78 Å². The SMILES string of the molecule is O=C(CC(=NNC(=O)c1ccccc1Cl)C(F)(F)F)c1cccs1. The van der Waals surface area contributed by atoms with E-state index in [0.717, 1.165) is 11.3 Å². The second-order valence-electron chi connectivity index (χ2n) is 4.55. The number of carbonyl (C=O) groups excluding carboxylic acids is 2. The summed E-state index contributed by atoms with van der Waals surface area (Å²) in [5, 5.41) is 4.74. The topological polar surface area (TPSA) is 58.5 Å². The number of nitrogens with one attached hydrogen (secondary N) is 1. The zero-order chi connectivity index (χ0) is 17.7. The minimum Gasteiger partial charge on any atom is -0.293 e. The van der Waals surface area contributed by atoms with E-state index in [2.05, 4.69) is 5.10 Å². The van der Waals surface area contributed by atoms with Crippen LogP contribution < -0.4 is 5.43 Å². The summed E-state index contributed by atoms with van der Waals surface area (Å²) in [4.78, 5) is 23.9. The average Bonchev–Trinajstić information content (AvgIpc) is 3.04. The highest BCUT2D eigenvalue weighted by Crippen LogP contribution is 2.22. The molecule has 1 N–H and O–H groups in total. The Morgan fingerprint density at radius 3 is 2.46 bits per heavy atom. The van der Waals surface area contributed by atoms with Gasteiger partial charge in [-0.25, -0.2) is 5.43 Å². The first-order valence-electron chi connectivity index (χ1n) is 6.54. The highest BCUT2D eigenvalue weighted by atomic mass is 35.5. The molecule has 0 spiro atoms. The second kappa shape index (κ2) is 7.59. The minimum absolute atomic E-state index is 0.0194. The van der Waals surface area contributed by atoms with Crippen LogP contribution in [0.2, 0.25) is 5.02 Å². The van der Waals surface area contributed by atoms with Crippen molar-refractivity contribution in [3.63, 3.8) is 0 Å². The number of nitrogens with zero attached hydrogens (tertiary/aromatic N) is 1. The summed E-state index contributed by atoms with van der Waals surface area (Å²) < 4.78 is 39.0. The normalized spacial score (nSPS) is 12.1. The number of hydrogen-bond donors (Lipinski definition) is 1. The van der Waals surface area contributed by atoms with Crippen molar-refractivity contribution >= 4 is 40.3 Å². The van der Waals surface area contributed by atoms with Crippen molar-refractivity contribution in [2.75, 3.05) is 0 Å². The Balaban J connectivity index is 2.16. The lowest BCUT2D eigenvalue weighted by Gasteiger charge is -2.10. The smallest absolute Gasteiger partial charge is 0.293 e. The van der Waals surface area contributed by atoms with Gasteiger partial charge in [-0.2, -0.15) is 18.3 Å². The van der Waals surface area contributed by atoms with Gasteiger partial charge in [-0.1, -0.05) is 29.8 Å². The number of rotatable bonds is 5. The Bertz CT molecular complexity index is 773.